The van der Waals surface area contributed by atoms with Gasteiger partial charge in [-0.15, -0.1) is 0 Å². The van der Waals surface area contributed by atoms with Crippen LogP contribution in [0.25, 0.3) is 0 Å². The van der Waals surface area contributed by atoms with E-state index in [1.54, 1.807) is 6.08 Å². The van der Waals surface area contributed by atoms with E-state index in [4.69, 9.17) is 9.47 Å². The first-order chi connectivity index (χ1) is 13.6. The van der Waals surface area contributed by atoms with Crippen LogP contribution >= 0.6 is 0 Å². The van der Waals surface area contributed by atoms with Gasteiger partial charge in [0.15, 0.2) is 0 Å². The van der Waals surface area contributed by atoms with E-state index in [-0.39, 0.29) is 12.0 Å². The molecule has 1 amide bonds. The normalized spacial score (nSPS) is 23.8. The molecule has 2 heterocycles. The number of anilines is 1. The zero-order valence-corrected chi connectivity index (χ0v) is 16.2. The number of benzene rings is 2. The highest BCUT2D eigenvalue weighted by Gasteiger charge is 2.43. The van der Waals surface area contributed by atoms with Crippen LogP contribution in [0.4, 0.5) is 5.69 Å². The molecule has 0 spiro atoms. The molecule has 2 aromatic rings. The van der Waals surface area contributed by atoms with Crippen LogP contribution in [-0.4, -0.2) is 36.7 Å². The molecule has 28 heavy (non-hydrogen) atoms. The summed E-state index contributed by atoms with van der Waals surface area (Å²) in [7, 11) is 0. The molecule has 0 saturated carbocycles. The van der Waals surface area contributed by atoms with E-state index in [1.807, 2.05) is 60.4 Å². The lowest BCUT2D eigenvalue weighted by atomic mass is 9.92. The fraction of sp³-hybridized carbons (Fsp3) is 0.348. The van der Waals surface area contributed by atoms with Crippen molar-refractivity contribution in [2.45, 2.75) is 31.5 Å². The highest BCUT2D eigenvalue weighted by Crippen LogP contribution is 2.39. The SMILES string of the molecule is C=CCOc1cccc(C2(C)Nc3ccccc3C(=O)N2CC2CCCO2)c1. The third-order valence-electron chi connectivity index (χ3n) is 5.49. The monoisotopic (exact) mass is 378 g/mol. The molecule has 2 atom stereocenters. The van der Waals surface area contributed by atoms with E-state index >= 15 is 0 Å². The second-order valence-corrected chi connectivity index (χ2v) is 7.42. The third kappa shape index (κ3) is 3.38. The van der Waals surface area contributed by atoms with Gasteiger partial charge >= 0.3 is 0 Å². The zero-order valence-electron chi connectivity index (χ0n) is 16.2. The standard InChI is InChI=1S/C23H26N2O3/c1-3-13-27-18-9-6-8-17(15-18)23(2)24-21-12-5-4-11-20(21)22(26)25(23)16-19-10-7-14-28-19/h3-6,8-9,11-12,15,19,24H,1,7,10,13-14,16H2,2H3. The first-order valence-corrected chi connectivity index (χ1v) is 9.77. The fourth-order valence-electron chi connectivity index (χ4n) is 3.99. The van der Waals surface area contributed by atoms with Gasteiger partial charge in [0.05, 0.1) is 11.7 Å². The Morgan fingerprint density at radius 3 is 2.96 bits per heavy atom. The lowest BCUT2D eigenvalue weighted by molar-refractivity contribution is 0.0242. The predicted octanol–water partition coefficient (Wildman–Crippen LogP) is 4.17. The second kappa shape index (κ2) is 7.68. The van der Waals surface area contributed by atoms with Gasteiger partial charge in [0.25, 0.3) is 5.91 Å². The number of para-hydroxylation sites is 1. The van der Waals surface area contributed by atoms with Crippen LogP contribution in [0.2, 0.25) is 0 Å². The molecule has 146 valence electrons. The summed E-state index contributed by atoms with van der Waals surface area (Å²) in [5.41, 5.74) is 1.80. The highest BCUT2D eigenvalue weighted by molar-refractivity contribution is 6.02. The van der Waals surface area contributed by atoms with Gasteiger partial charge in [0.1, 0.15) is 18.0 Å². The fourth-order valence-corrected chi connectivity index (χ4v) is 3.99. The summed E-state index contributed by atoms with van der Waals surface area (Å²) in [6, 6.07) is 15.5. The smallest absolute Gasteiger partial charge is 0.258 e. The molecule has 2 aromatic carbocycles. The van der Waals surface area contributed by atoms with Crippen LogP contribution in [0.15, 0.2) is 61.2 Å². The van der Waals surface area contributed by atoms with Crippen LogP contribution in [-0.2, 0) is 10.4 Å². The highest BCUT2D eigenvalue weighted by atomic mass is 16.5. The van der Waals surface area contributed by atoms with Crippen LogP contribution in [0.3, 0.4) is 0 Å². The van der Waals surface area contributed by atoms with Gasteiger partial charge in [-0.2, -0.15) is 0 Å². The maximum Gasteiger partial charge on any atom is 0.258 e. The van der Waals surface area contributed by atoms with Crippen LogP contribution in [0.5, 0.6) is 5.75 Å². The van der Waals surface area contributed by atoms with Crippen molar-refractivity contribution in [2.24, 2.45) is 0 Å². The summed E-state index contributed by atoms with van der Waals surface area (Å²) >= 11 is 0. The molecule has 5 heteroatoms. The molecule has 1 fully saturated rings. The second-order valence-electron chi connectivity index (χ2n) is 7.42. The predicted molar refractivity (Wildman–Crippen MR) is 110 cm³/mol. The number of amides is 1. The van der Waals surface area contributed by atoms with E-state index in [0.717, 1.165) is 36.4 Å². The topological polar surface area (TPSA) is 50.8 Å². The van der Waals surface area contributed by atoms with Gasteiger partial charge < -0.3 is 19.7 Å². The number of hydrogen-bond acceptors (Lipinski definition) is 4. The average molecular weight is 378 g/mol. The van der Waals surface area contributed by atoms with Crippen LogP contribution in [0, 0.1) is 0 Å². The lowest BCUT2D eigenvalue weighted by Crippen LogP contribution is -2.57. The Bertz CT molecular complexity index is 876. The Kier molecular flexibility index (Phi) is 5.09. The number of nitrogens with zero attached hydrogens (tertiary/aromatic N) is 1. The minimum absolute atomic E-state index is 0.0183. The quantitative estimate of drug-likeness (QED) is 0.767. The van der Waals surface area contributed by atoms with E-state index in [2.05, 4.69) is 11.9 Å². The summed E-state index contributed by atoms with van der Waals surface area (Å²) in [5, 5.41) is 3.60. The zero-order chi connectivity index (χ0) is 19.6. The molecule has 0 aromatic heterocycles. The van der Waals surface area contributed by atoms with Gasteiger partial charge in [0.2, 0.25) is 0 Å². The summed E-state index contributed by atoms with van der Waals surface area (Å²) in [6.45, 7) is 7.50. The first kappa shape index (κ1) is 18.6. The average Bonchev–Trinajstić information content (AvgIpc) is 3.23. The van der Waals surface area contributed by atoms with Crippen molar-refractivity contribution in [3.63, 3.8) is 0 Å². The Labute approximate surface area is 165 Å². The summed E-state index contributed by atoms with van der Waals surface area (Å²) in [5.74, 6) is 0.772. The molecular formula is C23H26N2O3. The lowest BCUT2D eigenvalue weighted by Gasteiger charge is -2.47. The van der Waals surface area contributed by atoms with Crippen molar-refractivity contribution < 1.29 is 14.3 Å². The van der Waals surface area contributed by atoms with E-state index in [1.165, 1.54) is 0 Å². The Hall–Kier alpha value is -2.79. The number of nitrogens with one attached hydrogen (secondary N) is 1. The van der Waals surface area contributed by atoms with Gasteiger partial charge in [-0.05, 0) is 44.0 Å². The van der Waals surface area contributed by atoms with Crippen LogP contribution in [0.1, 0.15) is 35.7 Å². The van der Waals surface area contributed by atoms with Gasteiger partial charge in [-0.1, -0.05) is 36.9 Å². The molecule has 1 N–H and O–H groups in total. The van der Waals surface area contributed by atoms with Crippen molar-refractivity contribution >= 4 is 11.6 Å². The van der Waals surface area contributed by atoms with Crippen molar-refractivity contribution in [1.29, 1.82) is 0 Å². The van der Waals surface area contributed by atoms with Crippen molar-refractivity contribution in [1.82, 2.24) is 4.90 Å². The first-order valence-electron chi connectivity index (χ1n) is 9.77. The van der Waals surface area contributed by atoms with E-state index in [9.17, 15) is 4.79 Å². The molecule has 4 rings (SSSR count). The Balaban J connectivity index is 1.74. The number of rotatable bonds is 6. The minimum Gasteiger partial charge on any atom is -0.490 e. The molecule has 0 bridgehead atoms. The third-order valence-corrected chi connectivity index (χ3v) is 5.49. The summed E-state index contributed by atoms with van der Waals surface area (Å²) in [6.07, 6.45) is 3.80. The number of carbonyl (C=O) groups is 1. The molecule has 2 unspecified atom stereocenters. The number of carbonyl (C=O) groups excluding carboxylic acids is 1. The van der Waals surface area contributed by atoms with Gasteiger partial charge in [-0.3, -0.25) is 4.79 Å². The minimum atomic E-state index is -0.703. The van der Waals surface area contributed by atoms with Crippen LogP contribution < -0.4 is 10.1 Å². The Morgan fingerprint density at radius 2 is 2.18 bits per heavy atom. The Morgan fingerprint density at radius 1 is 1.32 bits per heavy atom. The maximum atomic E-state index is 13.4. The number of fused-ring (bicyclic) bond motifs is 1. The van der Waals surface area contributed by atoms with Crippen molar-refractivity contribution in [3.05, 3.63) is 72.3 Å². The summed E-state index contributed by atoms with van der Waals surface area (Å²) < 4.78 is 11.6. The largest absolute Gasteiger partial charge is 0.490 e. The van der Waals surface area contributed by atoms with Gasteiger partial charge in [0, 0.05) is 24.4 Å². The molecule has 5 nitrogen and oxygen atoms in total. The van der Waals surface area contributed by atoms with Crippen molar-refractivity contribution in [3.8, 4) is 5.75 Å². The summed E-state index contributed by atoms with van der Waals surface area (Å²) in [4.78, 5) is 15.3. The molecule has 2 aliphatic heterocycles. The van der Waals surface area contributed by atoms with Crippen molar-refractivity contribution in [2.75, 3.05) is 25.1 Å². The number of ether oxygens (including phenoxy) is 2. The molecule has 0 radical (unpaired) electrons. The van der Waals surface area contributed by atoms with Gasteiger partial charge in [-0.25, -0.2) is 0 Å². The molecule has 1 saturated heterocycles. The van der Waals surface area contributed by atoms with E-state index in [0.29, 0.717) is 18.7 Å². The van der Waals surface area contributed by atoms with E-state index < -0.39 is 5.66 Å². The number of hydrogen-bond donors (Lipinski definition) is 1. The molecule has 2 aliphatic rings. The molecule has 0 aliphatic carbocycles. The molecular weight excluding hydrogens is 352 g/mol. The maximum absolute atomic E-state index is 13.4.